The van der Waals surface area contributed by atoms with Crippen LogP contribution in [0.25, 0.3) is 0 Å². The number of hydrogen-bond donors (Lipinski definition) is 0. The van der Waals surface area contributed by atoms with E-state index in [9.17, 15) is 4.91 Å². The molecule has 0 aliphatic carbocycles. The predicted molar refractivity (Wildman–Crippen MR) is 50.9 cm³/mol. The van der Waals surface area contributed by atoms with Gasteiger partial charge in [-0.05, 0) is 33.2 Å². The molecule has 0 aromatic heterocycles. The van der Waals surface area contributed by atoms with Crippen molar-refractivity contribution in [3.8, 4) is 11.8 Å². The van der Waals surface area contributed by atoms with Crippen LogP contribution < -0.4 is 4.74 Å². The predicted octanol–water partition coefficient (Wildman–Crippen LogP) is 2.73. The van der Waals surface area contributed by atoms with Crippen LogP contribution >= 0.6 is 15.9 Å². The van der Waals surface area contributed by atoms with Gasteiger partial charge >= 0.3 is 0 Å². The summed E-state index contributed by atoms with van der Waals surface area (Å²) in [5.41, 5.74) is 0.482. The molecule has 1 rings (SSSR count). The van der Waals surface area contributed by atoms with E-state index in [-0.39, 0.29) is 5.69 Å². The monoisotopic (exact) mass is 240 g/mol. The molecule has 1 aromatic carbocycles. The highest BCUT2D eigenvalue weighted by molar-refractivity contribution is 9.10. The molecule has 5 heteroatoms. The van der Waals surface area contributed by atoms with Crippen molar-refractivity contribution >= 4 is 21.6 Å². The van der Waals surface area contributed by atoms with Gasteiger partial charge in [-0.1, -0.05) is 0 Å². The standard InChI is InChI=1S/C8H5BrN2O2/c1-13-8-6(9)2-5(4-10)3-7(8)11-12/h2-3H,1H3. The Kier molecular flexibility index (Phi) is 2.98. The minimum absolute atomic E-state index is 0.119. The first kappa shape index (κ1) is 9.68. The molecule has 0 aliphatic heterocycles. The first-order valence-corrected chi connectivity index (χ1v) is 4.13. The zero-order valence-electron chi connectivity index (χ0n) is 6.74. The molecule has 66 valence electrons. The third-order valence-electron chi connectivity index (χ3n) is 1.46. The lowest BCUT2D eigenvalue weighted by Gasteiger charge is -2.04. The highest BCUT2D eigenvalue weighted by Gasteiger charge is 2.09. The average molecular weight is 241 g/mol. The molecule has 0 saturated carbocycles. The average Bonchev–Trinajstić information content (AvgIpc) is 2.16. The van der Waals surface area contributed by atoms with E-state index in [1.165, 1.54) is 13.2 Å². The summed E-state index contributed by atoms with van der Waals surface area (Å²) < 4.78 is 5.46. The summed E-state index contributed by atoms with van der Waals surface area (Å²) in [6.45, 7) is 0. The molecule has 0 radical (unpaired) electrons. The third-order valence-corrected chi connectivity index (χ3v) is 2.04. The van der Waals surface area contributed by atoms with E-state index in [4.69, 9.17) is 10.00 Å². The number of nitrogens with zero attached hydrogens (tertiary/aromatic N) is 2. The highest BCUT2D eigenvalue weighted by Crippen LogP contribution is 2.36. The molecule has 0 aliphatic rings. The van der Waals surface area contributed by atoms with Crippen LogP contribution in [0.15, 0.2) is 21.8 Å². The van der Waals surface area contributed by atoms with Gasteiger partial charge in [0.05, 0.1) is 23.2 Å². The van der Waals surface area contributed by atoms with Crippen LogP contribution in [0.1, 0.15) is 5.56 Å². The van der Waals surface area contributed by atoms with E-state index in [0.29, 0.717) is 15.8 Å². The summed E-state index contributed by atoms with van der Waals surface area (Å²) >= 11 is 3.16. The Morgan fingerprint density at radius 3 is 2.77 bits per heavy atom. The van der Waals surface area contributed by atoms with E-state index < -0.39 is 0 Å². The third kappa shape index (κ3) is 1.84. The van der Waals surface area contributed by atoms with Crippen LogP contribution in [0, 0.1) is 16.2 Å². The Labute approximate surface area is 83.2 Å². The van der Waals surface area contributed by atoms with Gasteiger partial charge in [0.1, 0.15) is 0 Å². The summed E-state index contributed by atoms with van der Waals surface area (Å²) in [5, 5.41) is 11.3. The number of methoxy groups -OCH3 is 1. The Balaban J connectivity index is 3.39. The van der Waals surface area contributed by atoms with E-state index in [1.54, 1.807) is 6.07 Å². The zero-order valence-corrected chi connectivity index (χ0v) is 8.33. The smallest absolute Gasteiger partial charge is 0.162 e. The Bertz CT molecular complexity index is 384. The summed E-state index contributed by atoms with van der Waals surface area (Å²) in [6.07, 6.45) is 0. The molecule has 4 nitrogen and oxygen atoms in total. The lowest BCUT2D eigenvalue weighted by Crippen LogP contribution is -1.86. The van der Waals surface area contributed by atoms with Gasteiger partial charge in [0.25, 0.3) is 0 Å². The van der Waals surface area contributed by atoms with Gasteiger partial charge in [0, 0.05) is 0 Å². The quantitative estimate of drug-likeness (QED) is 0.747. The minimum atomic E-state index is 0.119. The number of ether oxygens (including phenoxy) is 1. The summed E-state index contributed by atoms with van der Waals surface area (Å²) in [6, 6.07) is 4.84. The molecular formula is C8H5BrN2O2. The zero-order chi connectivity index (χ0) is 9.84. The van der Waals surface area contributed by atoms with Crippen molar-refractivity contribution < 1.29 is 4.74 Å². The van der Waals surface area contributed by atoms with Gasteiger partial charge < -0.3 is 4.74 Å². The molecular weight excluding hydrogens is 236 g/mol. The molecule has 0 fully saturated rings. The van der Waals surface area contributed by atoms with Crippen molar-refractivity contribution in [3.05, 3.63) is 27.1 Å². The highest BCUT2D eigenvalue weighted by atomic mass is 79.9. The molecule has 0 N–H and O–H groups in total. The second-order valence-corrected chi connectivity index (χ2v) is 3.07. The van der Waals surface area contributed by atoms with Gasteiger partial charge in [-0.25, -0.2) is 0 Å². The Hall–Kier alpha value is -1.41. The minimum Gasteiger partial charge on any atom is -0.493 e. The van der Waals surface area contributed by atoms with Crippen LogP contribution in [0.2, 0.25) is 0 Å². The fourth-order valence-electron chi connectivity index (χ4n) is 0.913. The van der Waals surface area contributed by atoms with E-state index in [2.05, 4.69) is 21.1 Å². The first-order valence-electron chi connectivity index (χ1n) is 3.34. The van der Waals surface area contributed by atoms with Crippen molar-refractivity contribution in [2.24, 2.45) is 5.18 Å². The van der Waals surface area contributed by atoms with E-state index >= 15 is 0 Å². The normalized spacial score (nSPS) is 9.00. The molecule has 0 spiro atoms. The Morgan fingerprint density at radius 2 is 2.31 bits per heavy atom. The van der Waals surface area contributed by atoms with Gasteiger partial charge in [-0.2, -0.15) is 5.26 Å². The number of halogens is 1. The van der Waals surface area contributed by atoms with Crippen molar-refractivity contribution in [3.63, 3.8) is 0 Å². The molecule has 0 atom stereocenters. The second kappa shape index (κ2) is 4.01. The lowest BCUT2D eigenvalue weighted by atomic mass is 10.2. The Morgan fingerprint density at radius 1 is 1.62 bits per heavy atom. The van der Waals surface area contributed by atoms with Crippen LogP contribution in [0.4, 0.5) is 5.69 Å². The molecule has 1 aromatic rings. The van der Waals surface area contributed by atoms with Crippen LogP contribution in [-0.4, -0.2) is 7.11 Å². The number of benzene rings is 1. The van der Waals surface area contributed by atoms with Gasteiger partial charge in [-0.15, -0.1) is 4.91 Å². The molecule has 0 heterocycles. The van der Waals surface area contributed by atoms with Crippen LogP contribution in [-0.2, 0) is 0 Å². The van der Waals surface area contributed by atoms with Crippen molar-refractivity contribution in [1.82, 2.24) is 0 Å². The van der Waals surface area contributed by atoms with Crippen molar-refractivity contribution in [1.29, 1.82) is 5.26 Å². The summed E-state index contributed by atoms with van der Waals surface area (Å²) in [7, 11) is 1.43. The lowest BCUT2D eigenvalue weighted by molar-refractivity contribution is 0.413. The van der Waals surface area contributed by atoms with Gasteiger partial charge in [-0.3, -0.25) is 0 Å². The SMILES string of the molecule is COc1c(Br)cc(C#N)cc1N=O. The number of nitroso groups, excluding NO2 is 1. The van der Waals surface area contributed by atoms with Gasteiger partial charge in [0.15, 0.2) is 11.4 Å². The van der Waals surface area contributed by atoms with E-state index in [0.717, 1.165) is 0 Å². The molecule has 0 amide bonds. The molecule has 0 bridgehead atoms. The maximum Gasteiger partial charge on any atom is 0.162 e. The second-order valence-electron chi connectivity index (χ2n) is 2.21. The van der Waals surface area contributed by atoms with Crippen molar-refractivity contribution in [2.45, 2.75) is 0 Å². The molecule has 13 heavy (non-hydrogen) atoms. The maximum atomic E-state index is 10.3. The van der Waals surface area contributed by atoms with E-state index in [1.807, 2.05) is 6.07 Å². The summed E-state index contributed by atoms with van der Waals surface area (Å²) in [4.78, 5) is 10.3. The van der Waals surface area contributed by atoms with Crippen LogP contribution in [0.5, 0.6) is 5.75 Å². The van der Waals surface area contributed by atoms with Crippen LogP contribution in [0.3, 0.4) is 0 Å². The number of nitriles is 1. The largest absolute Gasteiger partial charge is 0.493 e. The molecule has 0 unspecified atom stereocenters. The first-order chi connectivity index (χ1) is 6.22. The van der Waals surface area contributed by atoms with Gasteiger partial charge in [0.2, 0.25) is 0 Å². The molecule has 0 saturated heterocycles. The number of hydrogen-bond acceptors (Lipinski definition) is 4. The maximum absolute atomic E-state index is 10.3. The fraction of sp³-hybridized carbons (Fsp3) is 0.125. The summed E-state index contributed by atoms with van der Waals surface area (Å²) in [5.74, 6) is 0.342. The topological polar surface area (TPSA) is 62.4 Å². The fourth-order valence-corrected chi connectivity index (χ4v) is 1.52. The van der Waals surface area contributed by atoms with Crippen molar-refractivity contribution in [2.75, 3.05) is 7.11 Å². The number of rotatable bonds is 2.